The van der Waals surface area contributed by atoms with E-state index < -0.39 is 17.4 Å². The molecule has 1 aromatic heterocycles. The van der Waals surface area contributed by atoms with Gasteiger partial charge in [-0.05, 0) is 18.2 Å². The second kappa shape index (κ2) is 6.15. The number of nitrogens with two attached hydrogens (primary N) is 1. The molecular weight excluding hydrogens is 318 g/mol. The topological polar surface area (TPSA) is 115 Å². The van der Waals surface area contributed by atoms with Gasteiger partial charge in [0.05, 0.1) is 16.7 Å². The van der Waals surface area contributed by atoms with Crippen molar-refractivity contribution in [1.82, 2.24) is 9.55 Å². The van der Waals surface area contributed by atoms with E-state index in [1.165, 1.54) is 6.07 Å². The highest BCUT2D eigenvalue weighted by atomic mass is 35.5. The summed E-state index contributed by atoms with van der Waals surface area (Å²) in [7, 11) is 0. The average molecular weight is 328 g/mol. The van der Waals surface area contributed by atoms with Gasteiger partial charge in [-0.2, -0.15) is 0 Å². The summed E-state index contributed by atoms with van der Waals surface area (Å²) in [5.74, 6) is -2.07. The van der Waals surface area contributed by atoms with Crippen LogP contribution in [-0.4, -0.2) is 32.3 Å². The van der Waals surface area contributed by atoms with Crippen LogP contribution in [0.2, 0.25) is 5.02 Å². The Morgan fingerprint density at radius 1 is 1.43 bits per heavy atom. The van der Waals surface area contributed by atoms with E-state index >= 15 is 0 Å². The van der Waals surface area contributed by atoms with Crippen molar-refractivity contribution in [2.24, 2.45) is 5.73 Å². The monoisotopic (exact) mass is 327 g/mol. The summed E-state index contributed by atoms with van der Waals surface area (Å²) in [6.07, 6.45) is 0. The van der Waals surface area contributed by atoms with Gasteiger partial charge in [0.1, 0.15) is 6.54 Å². The van der Waals surface area contributed by atoms with E-state index in [0.717, 1.165) is 16.3 Å². The molecule has 0 fully saturated rings. The number of rotatable bonds is 5. The minimum Gasteiger partial charge on any atom is -0.481 e. The molecule has 110 valence electrons. The molecule has 1 aromatic carbocycles. The summed E-state index contributed by atoms with van der Waals surface area (Å²) in [6, 6.07) is 4.56. The van der Waals surface area contributed by atoms with Crippen molar-refractivity contribution in [3.63, 3.8) is 0 Å². The van der Waals surface area contributed by atoms with Gasteiger partial charge in [-0.25, -0.2) is 4.98 Å². The van der Waals surface area contributed by atoms with Crippen molar-refractivity contribution >= 4 is 46.1 Å². The van der Waals surface area contributed by atoms with Crippen molar-refractivity contribution in [2.45, 2.75) is 11.7 Å². The Kier molecular flexibility index (Phi) is 4.49. The van der Waals surface area contributed by atoms with Crippen LogP contribution in [0.25, 0.3) is 10.9 Å². The van der Waals surface area contributed by atoms with Gasteiger partial charge >= 0.3 is 5.97 Å². The van der Waals surface area contributed by atoms with Crippen LogP contribution in [-0.2, 0) is 16.1 Å². The molecule has 1 heterocycles. The number of hydrogen-bond acceptors (Lipinski definition) is 5. The van der Waals surface area contributed by atoms with Crippen LogP contribution in [0, 0.1) is 0 Å². The first-order chi connectivity index (χ1) is 9.88. The number of hydrogen-bond donors (Lipinski definition) is 2. The van der Waals surface area contributed by atoms with E-state index in [1.807, 2.05) is 0 Å². The van der Waals surface area contributed by atoms with Crippen molar-refractivity contribution in [1.29, 1.82) is 0 Å². The molecule has 0 aliphatic rings. The lowest BCUT2D eigenvalue weighted by molar-refractivity contribution is -0.133. The number of nitrogens with zero attached hydrogens (tertiary/aromatic N) is 2. The fourth-order valence-corrected chi connectivity index (χ4v) is 2.60. The molecule has 0 spiro atoms. The van der Waals surface area contributed by atoms with Gasteiger partial charge < -0.3 is 10.8 Å². The Labute approximate surface area is 127 Å². The number of amides is 1. The molecule has 7 nitrogen and oxygen atoms in total. The quantitative estimate of drug-likeness (QED) is 0.617. The highest BCUT2D eigenvalue weighted by molar-refractivity contribution is 7.99. The molecule has 1 amide bonds. The van der Waals surface area contributed by atoms with Gasteiger partial charge in [0, 0.05) is 5.02 Å². The molecule has 2 rings (SSSR count). The molecule has 0 unspecified atom stereocenters. The van der Waals surface area contributed by atoms with Crippen molar-refractivity contribution in [3.8, 4) is 0 Å². The highest BCUT2D eigenvalue weighted by Gasteiger charge is 2.14. The number of carboxylic acids is 1. The Hall–Kier alpha value is -2.06. The van der Waals surface area contributed by atoms with Crippen molar-refractivity contribution in [2.75, 3.05) is 5.75 Å². The molecular formula is C12H10ClN3O4S. The fraction of sp³-hybridized carbons (Fsp3) is 0.167. The molecule has 0 saturated carbocycles. The van der Waals surface area contributed by atoms with Gasteiger partial charge in [0.2, 0.25) is 5.91 Å². The third kappa shape index (κ3) is 3.53. The first-order valence-electron chi connectivity index (χ1n) is 5.71. The van der Waals surface area contributed by atoms with Gasteiger partial charge in [-0.3, -0.25) is 19.0 Å². The summed E-state index contributed by atoms with van der Waals surface area (Å²) in [5.41, 5.74) is 5.00. The van der Waals surface area contributed by atoms with Crippen molar-refractivity contribution in [3.05, 3.63) is 33.6 Å². The number of fused-ring (bicyclic) bond motifs is 1. The van der Waals surface area contributed by atoms with Gasteiger partial charge in [-0.15, -0.1) is 0 Å². The van der Waals surface area contributed by atoms with Gasteiger partial charge in [0.25, 0.3) is 5.56 Å². The molecule has 0 saturated heterocycles. The molecule has 0 bridgehead atoms. The molecule has 2 aromatic rings. The van der Waals surface area contributed by atoms with Crippen LogP contribution < -0.4 is 11.3 Å². The lowest BCUT2D eigenvalue weighted by atomic mass is 10.2. The number of carbonyl (C=O) groups excluding carboxylic acids is 1. The maximum Gasteiger partial charge on any atom is 0.313 e. The van der Waals surface area contributed by atoms with Crippen LogP contribution >= 0.6 is 23.4 Å². The zero-order chi connectivity index (χ0) is 15.6. The SMILES string of the molecule is NC(=O)Cn1c(SCC(=O)O)nc2ccc(Cl)cc2c1=O. The third-order valence-corrected chi connectivity index (χ3v) is 3.72. The second-order valence-corrected chi connectivity index (χ2v) is 5.47. The summed E-state index contributed by atoms with van der Waals surface area (Å²) >= 11 is 6.68. The summed E-state index contributed by atoms with van der Waals surface area (Å²) in [6.45, 7) is -0.379. The third-order valence-electron chi connectivity index (χ3n) is 2.52. The first kappa shape index (κ1) is 15.3. The number of aromatic nitrogens is 2. The minimum atomic E-state index is -1.06. The summed E-state index contributed by atoms with van der Waals surface area (Å²) in [5, 5.41) is 9.44. The molecule has 0 atom stereocenters. The number of carboxylic acid groups (broad SMARTS) is 1. The Morgan fingerprint density at radius 3 is 2.76 bits per heavy atom. The smallest absolute Gasteiger partial charge is 0.313 e. The minimum absolute atomic E-state index is 0.121. The number of thioether (sulfide) groups is 1. The van der Waals surface area contributed by atoms with E-state index in [4.69, 9.17) is 22.4 Å². The molecule has 9 heteroatoms. The van der Waals surface area contributed by atoms with Gasteiger partial charge in [-0.1, -0.05) is 23.4 Å². The number of benzene rings is 1. The van der Waals surface area contributed by atoms with Crippen LogP contribution in [0.1, 0.15) is 0 Å². The lowest BCUT2D eigenvalue weighted by Crippen LogP contribution is -2.30. The van der Waals surface area contributed by atoms with Gasteiger partial charge in [0.15, 0.2) is 5.16 Å². The predicted molar refractivity (Wildman–Crippen MR) is 78.6 cm³/mol. The molecule has 0 aliphatic heterocycles. The second-order valence-electron chi connectivity index (χ2n) is 4.10. The number of primary amides is 1. The number of carbonyl (C=O) groups is 2. The zero-order valence-corrected chi connectivity index (χ0v) is 12.1. The highest BCUT2D eigenvalue weighted by Crippen LogP contribution is 2.20. The van der Waals surface area contributed by atoms with Crippen LogP contribution in [0.4, 0.5) is 0 Å². The van der Waals surface area contributed by atoms with Crippen LogP contribution in [0.15, 0.2) is 28.2 Å². The zero-order valence-electron chi connectivity index (χ0n) is 10.6. The Balaban J connectivity index is 2.63. The fourth-order valence-electron chi connectivity index (χ4n) is 1.70. The standard InChI is InChI=1S/C12H10ClN3O4S/c13-6-1-2-8-7(3-6)11(20)16(4-9(14)17)12(15-8)21-5-10(18)19/h1-3H,4-5H2,(H2,14,17)(H,18,19). The predicted octanol–water partition coefficient (Wildman–Crippen LogP) is 0.712. The van der Waals surface area contributed by atoms with E-state index in [2.05, 4.69) is 4.98 Å². The van der Waals surface area contributed by atoms with E-state index in [9.17, 15) is 14.4 Å². The summed E-state index contributed by atoms with van der Waals surface area (Å²) < 4.78 is 1.05. The Morgan fingerprint density at radius 2 is 2.14 bits per heavy atom. The molecule has 3 N–H and O–H groups in total. The average Bonchev–Trinajstić information content (AvgIpc) is 2.40. The van der Waals surface area contributed by atoms with E-state index in [-0.39, 0.29) is 22.8 Å². The van der Waals surface area contributed by atoms with Crippen molar-refractivity contribution < 1.29 is 14.7 Å². The Bertz CT molecular complexity index is 790. The molecule has 21 heavy (non-hydrogen) atoms. The molecule has 0 aliphatic carbocycles. The maximum absolute atomic E-state index is 12.4. The normalized spacial score (nSPS) is 10.7. The number of aliphatic carboxylic acids is 1. The molecule has 0 radical (unpaired) electrons. The van der Waals surface area contributed by atoms with E-state index in [1.54, 1.807) is 12.1 Å². The maximum atomic E-state index is 12.4. The number of halogens is 1. The van der Waals surface area contributed by atoms with Crippen LogP contribution in [0.3, 0.4) is 0 Å². The van der Waals surface area contributed by atoms with Crippen LogP contribution in [0.5, 0.6) is 0 Å². The lowest BCUT2D eigenvalue weighted by Gasteiger charge is -2.10. The first-order valence-corrected chi connectivity index (χ1v) is 7.08. The summed E-state index contributed by atoms with van der Waals surface area (Å²) in [4.78, 5) is 38.3. The van der Waals surface area contributed by atoms with E-state index in [0.29, 0.717) is 10.5 Å². The largest absolute Gasteiger partial charge is 0.481 e.